The lowest BCUT2D eigenvalue weighted by atomic mass is 10.0. The third-order valence-electron chi connectivity index (χ3n) is 1.98. The maximum Gasteiger partial charge on any atom is 0.226 e. The first-order valence-electron chi connectivity index (χ1n) is 4.67. The van der Waals surface area contributed by atoms with Crippen LogP contribution in [0.1, 0.15) is 18.2 Å². The van der Waals surface area contributed by atoms with Crippen LogP contribution in [0.25, 0.3) is 0 Å². The molecule has 80 valence electrons. The van der Waals surface area contributed by atoms with Gasteiger partial charge in [0.05, 0.1) is 0 Å². The van der Waals surface area contributed by atoms with Gasteiger partial charge in [0.2, 0.25) is 11.6 Å². The summed E-state index contributed by atoms with van der Waals surface area (Å²) in [7, 11) is 0. The Hall–Kier alpha value is -1.55. The maximum atomic E-state index is 11.3. The van der Waals surface area contributed by atoms with E-state index in [1.165, 1.54) is 6.92 Å². The third kappa shape index (κ3) is 3.25. The van der Waals surface area contributed by atoms with E-state index in [9.17, 15) is 9.59 Å². The summed E-state index contributed by atoms with van der Waals surface area (Å²) < 4.78 is 0. The number of rotatable bonds is 4. The summed E-state index contributed by atoms with van der Waals surface area (Å²) in [5.41, 5.74) is 1.53. The molecule has 1 heterocycles. The van der Waals surface area contributed by atoms with Crippen LogP contribution in [0.3, 0.4) is 0 Å². The molecule has 1 atom stereocenters. The van der Waals surface area contributed by atoms with Gasteiger partial charge in [-0.25, -0.2) is 0 Å². The summed E-state index contributed by atoms with van der Waals surface area (Å²) in [6.45, 7) is 3.10. The summed E-state index contributed by atoms with van der Waals surface area (Å²) in [6, 6.07) is 3.42. The van der Waals surface area contributed by atoms with E-state index < -0.39 is 17.7 Å². The molecular formula is C11H13NO3. The lowest BCUT2D eigenvalue weighted by Crippen LogP contribution is -2.27. The largest absolute Gasteiger partial charge is 0.385 e. The van der Waals surface area contributed by atoms with Gasteiger partial charge in [-0.1, -0.05) is 0 Å². The molecule has 0 radical (unpaired) electrons. The summed E-state index contributed by atoms with van der Waals surface area (Å²) in [6.07, 6.45) is 0.387. The van der Waals surface area contributed by atoms with Gasteiger partial charge < -0.3 is 5.11 Å². The lowest BCUT2D eigenvalue weighted by molar-refractivity contribution is -0.140. The van der Waals surface area contributed by atoms with Crippen LogP contribution < -0.4 is 0 Å². The summed E-state index contributed by atoms with van der Waals surface area (Å²) in [5.74, 6) is -1.32. The van der Waals surface area contributed by atoms with Crippen molar-refractivity contribution in [2.45, 2.75) is 26.4 Å². The third-order valence-corrected chi connectivity index (χ3v) is 1.98. The van der Waals surface area contributed by atoms with Crippen molar-refractivity contribution in [3.8, 4) is 0 Å². The number of aliphatic hydroxyl groups is 1. The van der Waals surface area contributed by atoms with Crippen molar-refractivity contribution >= 4 is 11.6 Å². The molecule has 1 N–H and O–H groups in total. The van der Waals surface area contributed by atoms with Gasteiger partial charge >= 0.3 is 0 Å². The Labute approximate surface area is 88.0 Å². The van der Waals surface area contributed by atoms with Crippen LogP contribution in [-0.4, -0.2) is 27.8 Å². The van der Waals surface area contributed by atoms with E-state index in [2.05, 4.69) is 4.98 Å². The van der Waals surface area contributed by atoms with Crippen LogP contribution in [0.4, 0.5) is 0 Å². The predicted octanol–water partition coefficient (Wildman–Crippen LogP) is 0.452. The average molecular weight is 207 g/mol. The Morgan fingerprint density at radius 3 is 2.73 bits per heavy atom. The van der Waals surface area contributed by atoms with Gasteiger partial charge in [-0.3, -0.25) is 14.6 Å². The van der Waals surface area contributed by atoms with Crippen molar-refractivity contribution in [3.05, 3.63) is 29.6 Å². The number of carbonyl (C=O) groups excluding carboxylic acids is 2. The van der Waals surface area contributed by atoms with Crippen LogP contribution in [0.5, 0.6) is 0 Å². The fourth-order valence-electron chi connectivity index (χ4n) is 1.22. The quantitative estimate of drug-likeness (QED) is 0.728. The number of aryl methyl sites for hydroxylation is 1. The van der Waals surface area contributed by atoms with Crippen molar-refractivity contribution in [2.75, 3.05) is 0 Å². The van der Waals surface area contributed by atoms with Gasteiger partial charge in [0, 0.05) is 18.3 Å². The van der Waals surface area contributed by atoms with Gasteiger partial charge in [-0.15, -0.1) is 0 Å². The first kappa shape index (κ1) is 11.5. The smallest absolute Gasteiger partial charge is 0.226 e. The number of aliphatic hydroxyl groups excluding tert-OH is 1. The van der Waals surface area contributed by atoms with Crippen LogP contribution in [0.15, 0.2) is 18.3 Å². The van der Waals surface area contributed by atoms with E-state index in [1.807, 2.05) is 6.92 Å². The molecule has 0 aliphatic heterocycles. The summed E-state index contributed by atoms with van der Waals surface area (Å²) >= 11 is 0. The predicted molar refractivity (Wildman–Crippen MR) is 54.4 cm³/mol. The van der Waals surface area contributed by atoms with Crippen LogP contribution in [0, 0.1) is 6.92 Å². The number of ketones is 2. The number of aromatic nitrogens is 1. The Bertz CT molecular complexity index is 385. The molecule has 0 bridgehead atoms. The van der Waals surface area contributed by atoms with Crippen molar-refractivity contribution in [1.29, 1.82) is 0 Å². The monoisotopic (exact) mass is 207 g/mol. The van der Waals surface area contributed by atoms with Crippen LogP contribution >= 0.6 is 0 Å². The van der Waals surface area contributed by atoms with Gasteiger partial charge in [0.25, 0.3) is 0 Å². The van der Waals surface area contributed by atoms with Crippen LogP contribution in [0.2, 0.25) is 0 Å². The standard InChI is InChI=1S/C11H13NO3/c1-7-5-9(3-4-12-7)6-10(14)11(15)8(2)13/h3-5,8,13H,6H2,1-2H3. The highest BCUT2D eigenvalue weighted by atomic mass is 16.3. The van der Waals surface area contributed by atoms with Crippen molar-refractivity contribution in [2.24, 2.45) is 0 Å². The Kier molecular flexibility index (Phi) is 3.68. The molecule has 15 heavy (non-hydrogen) atoms. The minimum atomic E-state index is -1.22. The Balaban J connectivity index is 2.71. The molecule has 0 fully saturated rings. The van der Waals surface area contributed by atoms with Crippen molar-refractivity contribution in [1.82, 2.24) is 4.98 Å². The summed E-state index contributed by atoms with van der Waals surface area (Å²) in [4.78, 5) is 26.4. The average Bonchev–Trinajstić information content (AvgIpc) is 2.16. The first-order chi connectivity index (χ1) is 7.00. The maximum absolute atomic E-state index is 11.3. The molecule has 0 aliphatic rings. The first-order valence-corrected chi connectivity index (χ1v) is 4.67. The number of hydrogen-bond acceptors (Lipinski definition) is 4. The molecule has 1 aromatic rings. The van der Waals surface area contributed by atoms with E-state index in [0.717, 1.165) is 11.3 Å². The summed E-state index contributed by atoms with van der Waals surface area (Å²) in [5, 5.41) is 8.94. The zero-order valence-corrected chi connectivity index (χ0v) is 8.73. The normalized spacial score (nSPS) is 12.2. The van der Waals surface area contributed by atoms with E-state index in [1.54, 1.807) is 18.3 Å². The fourth-order valence-corrected chi connectivity index (χ4v) is 1.22. The molecule has 1 aromatic heterocycles. The lowest BCUT2D eigenvalue weighted by Gasteiger charge is -2.03. The highest BCUT2D eigenvalue weighted by molar-refractivity contribution is 6.39. The number of hydrogen-bond donors (Lipinski definition) is 1. The molecule has 0 amide bonds. The highest BCUT2D eigenvalue weighted by Crippen LogP contribution is 2.03. The van der Waals surface area contributed by atoms with Gasteiger partial charge in [0.15, 0.2) is 0 Å². The highest BCUT2D eigenvalue weighted by Gasteiger charge is 2.18. The second-order valence-corrected chi connectivity index (χ2v) is 3.45. The zero-order chi connectivity index (χ0) is 11.4. The van der Waals surface area contributed by atoms with Crippen molar-refractivity contribution < 1.29 is 14.7 Å². The van der Waals surface area contributed by atoms with E-state index in [-0.39, 0.29) is 6.42 Å². The molecule has 1 unspecified atom stereocenters. The molecule has 4 heteroatoms. The fraction of sp³-hybridized carbons (Fsp3) is 0.364. The molecule has 0 spiro atoms. The second kappa shape index (κ2) is 4.79. The van der Waals surface area contributed by atoms with Crippen molar-refractivity contribution in [3.63, 3.8) is 0 Å². The van der Waals surface area contributed by atoms with Gasteiger partial charge in [-0.2, -0.15) is 0 Å². The number of pyridine rings is 1. The topological polar surface area (TPSA) is 67.3 Å². The molecular weight excluding hydrogens is 194 g/mol. The molecule has 0 saturated carbocycles. The Morgan fingerprint density at radius 1 is 1.53 bits per heavy atom. The minimum absolute atomic E-state index is 0.0209. The number of nitrogens with zero attached hydrogens (tertiary/aromatic N) is 1. The Morgan fingerprint density at radius 2 is 2.20 bits per heavy atom. The molecule has 0 aromatic carbocycles. The minimum Gasteiger partial charge on any atom is -0.385 e. The van der Waals surface area contributed by atoms with Crippen LogP contribution in [-0.2, 0) is 16.0 Å². The molecule has 0 saturated heterocycles. The number of Topliss-reactive ketones (excluding diaryl/α,β-unsaturated/α-hetero) is 2. The van der Waals surface area contributed by atoms with E-state index >= 15 is 0 Å². The van der Waals surface area contributed by atoms with Gasteiger partial charge in [-0.05, 0) is 31.5 Å². The van der Waals surface area contributed by atoms with E-state index in [0.29, 0.717) is 0 Å². The second-order valence-electron chi connectivity index (χ2n) is 3.45. The van der Waals surface area contributed by atoms with E-state index in [4.69, 9.17) is 5.11 Å². The zero-order valence-electron chi connectivity index (χ0n) is 8.73. The molecule has 0 aliphatic carbocycles. The SMILES string of the molecule is Cc1cc(CC(=O)C(=O)C(C)O)ccn1. The molecule has 1 rings (SSSR count). The number of carbonyl (C=O) groups is 2. The molecule has 4 nitrogen and oxygen atoms in total. The van der Waals surface area contributed by atoms with Gasteiger partial charge in [0.1, 0.15) is 6.10 Å².